The van der Waals surface area contributed by atoms with E-state index in [0.717, 1.165) is 89.9 Å². The maximum Gasteiger partial charge on any atom is 0.220 e. The summed E-state index contributed by atoms with van der Waals surface area (Å²) in [5.74, 6) is -0.204. The van der Waals surface area contributed by atoms with Crippen molar-refractivity contribution >= 4 is 5.91 Å². The van der Waals surface area contributed by atoms with Gasteiger partial charge < -0.3 is 65.1 Å². The molecule has 12 unspecified atom stereocenters. The quantitative estimate of drug-likeness (QED) is 0.0204. The summed E-state index contributed by atoms with van der Waals surface area (Å²) in [6.07, 6.45) is 78.0. The molecule has 2 saturated heterocycles. The van der Waals surface area contributed by atoms with Gasteiger partial charge in [-0.05, 0) is 64.2 Å². The molecule has 0 saturated carbocycles. The second-order valence-corrected chi connectivity index (χ2v) is 29.2. The van der Waals surface area contributed by atoms with E-state index in [-0.39, 0.29) is 12.5 Å². The molecule has 2 rings (SSSR count). The van der Waals surface area contributed by atoms with Gasteiger partial charge in [-0.15, -0.1) is 0 Å². The third-order valence-corrected chi connectivity index (χ3v) is 20.2. The zero-order valence-corrected chi connectivity index (χ0v) is 63.5. The van der Waals surface area contributed by atoms with Crippen LogP contribution in [0.25, 0.3) is 0 Å². The summed E-state index contributed by atoms with van der Waals surface area (Å²) in [6.45, 7) is 2.80. The molecule has 0 aromatic carbocycles. The van der Waals surface area contributed by atoms with Crippen LogP contribution in [-0.4, -0.2) is 140 Å². The van der Waals surface area contributed by atoms with Crippen molar-refractivity contribution in [2.45, 2.75) is 441 Å². The molecule has 1 amide bonds. The molecule has 2 heterocycles. The molecule has 2 aliphatic rings. The van der Waals surface area contributed by atoms with Crippen molar-refractivity contribution in [3.05, 3.63) is 72.9 Å². The highest BCUT2D eigenvalue weighted by atomic mass is 16.7. The van der Waals surface area contributed by atoms with E-state index in [9.17, 15) is 45.6 Å². The van der Waals surface area contributed by atoms with E-state index in [1.807, 2.05) is 0 Å². The minimum Gasteiger partial charge on any atom is -0.394 e. The fraction of sp³-hybridized carbons (Fsp3) is 0.847. The van der Waals surface area contributed by atoms with E-state index >= 15 is 0 Å². The standard InChI is InChI=1S/C85H155NO13/c1-3-5-7-9-11-13-15-17-19-21-23-25-27-29-31-33-35-37-39-41-43-45-47-49-51-53-55-57-59-61-63-65-67-69-77(90)86-73(72-96-84-82(95)80(93)83(76(71-88)98-84)99-85-81(94)79(92)78(91)75(70-87)97-85)74(89)68-66-64-62-60-58-56-54-52-50-48-46-44-42-40-38-36-34-32-30-28-26-24-22-20-18-16-14-12-10-8-6-4-2/h5,7,11,13,17,19,23,25,29,31,35,37,73-76,78-85,87-89,91-95H,3-4,6,8-10,12,14-16,18,20-22,24,26-28,30,32-34,36,38-72H2,1-2H3,(H,86,90)/b7-5-,13-11-,19-17-,25-23-,31-29-,37-35-. The largest absolute Gasteiger partial charge is 0.394 e. The van der Waals surface area contributed by atoms with Crippen LogP contribution in [0.15, 0.2) is 72.9 Å². The second-order valence-electron chi connectivity index (χ2n) is 29.2. The third kappa shape index (κ3) is 51.3. The topological polar surface area (TPSA) is 228 Å². The van der Waals surface area contributed by atoms with E-state index in [1.165, 1.54) is 250 Å². The molecule has 9 N–H and O–H groups in total. The van der Waals surface area contributed by atoms with Gasteiger partial charge in [0.15, 0.2) is 12.6 Å². The predicted octanol–water partition coefficient (Wildman–Crippen LogP) is 19.3. The number of unbranched alkanes of at least 4 members (excludes halogenated alkanes) is 45. The Bertz CT molecular complexity index is 1940. The molecule has 0 aromatic rings. The van der Waals surface area contributed by atoms with Crippen molar-refractivity contribution in [2.24, 2.45) is 0 Å². The van der Waals surface area contributed by atoms with Crippen LogP contribution in [0.5, 0.6) is 0 Å². The summed E-state index contributed by atoms with van der Waals surface area (Å²) in [7, 11) is 0. The van der Waals surface area contributed by atoms with Gasteiger partial charge >= 0.3 is 0 Å². The Kier molecular flexibility index (Phi) is 64.0. The van der Waals surface area contributed by atoms with Gasteiger partial charge in [-0.3, -0.25) is 4.79 Å². The molecule has 12 atom stereocenters. The molecule has 14 nitrogen and oxygen atoms in total. The highest BCUT2D eigenvalue weighted by Crippen LogP contribution is 2.30. The van der Waals surface area contributed by atoms with Crippen molar-refractivity contribution in [1.82, 2.24) is 5.32 Å². The SMILES string of the molecule is CC/C=C\C/C=C\C/C=C\C/C=C\C/C=C\C/C=C\CCCCCCCCCCCCCCCCC(=O)NC(COC1OC(CO)C(OC2OC(CO)C(O)C(O)C2O)C(O)C1O)C(O)CCCCCCCCCCCCCCCCCCCCCCCCCCCCCCCCCC. The van der Waals surface area contributed by atoms with Gasteiger partial charge in [0.2, 0.25) is 5.91 Å². The van der Waals surface area contributed by atoms with Gasteiger partial charge in [0, 0.05) is 6.42 Å². The number of rotatable bonds is 70. The van der Waals surface area contributed by atoms with E-state index in [2.05, 4.69) is 92.1 Å². The minimum atomic E-state index is -1.79. The van der Waals surface area contributed by atoms with Crippen molar-refractivity contribution in [3.8, 4) is 0 Å². The third-order valence-electron chi connectivity index (χ3n) is 20.2. The van der Waals surface area contributed by atoms with Crippen LogP contribution in [0.1, 0.15) is 367 Å². The number of ether oxygens (including phenoxy) is 4. The molecule has 99 heavy (non-hydrogen) atoms. The first-order valence-corrected chi connectivity index (χ1v) is 41.7. The van der Waals surface area contributed by atoms with Crippen molar-refractivity contribution in [2.75, 3.05) is 19.8 Å². The van der Waals surface area contributed by atoms with Gasteiger partial charge in [0.05, 0.1) is 32.0 Å². The first-order valence-electron chi connectivity index (χ1n) is 41.7. The molecule has 0 aromatic heterocycles. The van der Waals surface area contributed by atoms with E-state index in [0.29, 0.717) is 12.8 Å². The summed E-state index contributed by atoms with van der Waals surface area (Å²) in [5, 5.41) is 88.0. The fourth-order valence-electron chi connectivity index (χ4n) is 13.7. The Morgan fingerprint density at radius 3 is 1.07 bits per heavy atom. The highest BCUT2D eigenvalue weighted by molar-refractivity contribution is 5.76. The van der Waals surface area contributed by atoms with Gasteiger partial charge in [-0.2, -0.15) is 0 Å². The lowest BCUT2D eigenvalue weighted by atomic mass is 9.97. The zero-order chi connectivity index (χ0) is 71.5. The summed E-state index contributed by atoms with van der Waals surface area (Å²) < 4.78 is 23.0. The fourth-order valence-corrected chi connectivity index (χ4v) is 13.7. The minimum absolute atomic E-state index is 0.204. The summed E-state index contributed by atoms with van der Waals surface area (Å²) in [6, 6.07) is -0.835. The van der Waals surface area contributed by atoms with Crippen LogP contribution in [-0.2, 0) is 23.7 Å². The van der Waals surface area contributed by atoms with Gasteiger partial charge in [-0.1, -0.05) is 369 Å². The Morgan fingerprint density at radius 2 is 0.697 bits per heavy atom. The van der Waals surface area contributed by atoms with Crippen molar-refractivity contribution in [1.29, 1.82) is 0 Å². The molecule has 0 bridgehead atoms. The smallest absolute Gasteiger partial charge is 0.220 e. The number of aliphatic hydroxyl groups excluding tert-OH is 8. The maximum atomic E-state index is 13.4. The van der Waals surface area contributed by atoms with E-state index in [1.54, 1.807) is 0 Å². The number of hydrogen-bond donors (Lipinski definition) is 9. The number of nitrogens with one attached hydrogen (secondary N) is 1. The molecule has 578 valence electrons. The van der Waals surface area contributed by atoms with Crippen molar-refractivity contribution < 1.29 is 64.6 Å². The number of carbonyl (C=O) groups excluding carboxylic acids is 1. The lowest BCUT2D eigenvalue weighted by Crippen LogP contribution is -2.65. The zero-order valence-electron chi connectivity index (χ0n) is 63.5. The van der Waals surface area contributed by atoms with Crippen LogP contribution in [0.2, 0.25) is 0 Å². The first-order chi connectivity index (χ1) is 48.6. The molecule has 14 heteroatoms. The van der Waals surface area contributed by atoms with Crippen LogP contribution in [0.4, 0.5) is 0 Å². The van der Waals surface area contributed by atoms with E-state index < -0.39 is 86.8 Å². The maximum absolute atomic E-state index is 13.4. The lowest BCUT2D eigenvalue weighted by Gasteiger charge is -2.46. The molecular formula is C85H155NO13. The van der Waals surface area contributed by atoms with Crippen LogP contribution >= 0.6 is 0 Å². The lowest BCUT2D eigenvalue weighted by molar-refractivity contribution is -0.359. The number of hydrogen-bond acceptors (Lipinski definition) is 13. The Hall–Kier alpha value is -2.57. The monoisotopic (exact) mass is 1400 g/mol. The summed E-state index contributed by atoms with van der Waals surface area (Å²) in [4.78, 5) is 13.4. The normalized spacial score (nSPS) is 22.3. The number of amides is 1. The average molecular weight is 1400 g/mol. The Morgan fingerprint density at radius 1 is 0.374 bits per heavy atom. The Labute approximate surface area is 606 Å². The number of allylic oxidation sites excluding steroid dienone is 12. The van der Waals surface area contributed by atoms with Gasteiger partial charge in [0.25, 0.3) is 0 Å². The average Bonchev–Trinajstić information content (AvgIpc) is 0.793. The number of carbonyl (C=O) groups is 1. The first kappa shape index (κ1) is 92.5. The molecule has 2 aliphatic heterocycles. The van der Waals surface area contributed by atoms with Crippen LogP contribution in [0.3, 0.4) is 0 Å². The number of aliphatic hydroxyl groups is 8. The molecule has 0 aliphatic carbocycles. The predicted molar refractivity (Wildman–Crippen MR) is 410 cm³/mol. The molecular weight excluding hydrogens is 1240 g/mol. The second kappa shape index (κ2) is 68.5. The molecule has 0 radical (unpaired) electrons. The highest BCUT2D eigenvalue weighted by Gasteiger charge is 2.51. The Balaban J connectivity index is 1.60. The van der Waals surface area contributed by atoms with Gasteiger partial charge in [-0.25, -0.2) is 0 Å². The summed E-state index contributed by atoms with van der Waals surface area (Å²) in [5.41, 5.74) is 0. The van der Waals surface area contributed by atoms with Crippen LogP contribution in [0, 0.1) is 0 Å². The van der Waals surface area contributed by atoms with Gasteiger partial charge in [0.1, 0.15) is 48.8 Å². The molecule has 0 spiro atoms. The van der Waals surface area contributed by atoms with E-state index in [4.69, 9.17) is 18.9 Å². The van der Waals surface area contributed by atoms with Crippen molar-refractivity contribution in [3.63, 3.8) is 0 Å². The molecule has 2 fully saturated rings. The summed E-state index contributed by atoms with van der Waals surface area (Å²) >= 11 is 0. The van der Waals surface area contributed by atoms with Crippen LogP contribution < -0.4 is 5.32 Å².